The van der Waals surface area contributed by atoms with Crippen LogP contribution in [0.25, 0.3) is 0 Å². The van der Waals surface area contributed by atoms with Gasteiger partial charge in [0.1, 0.15) is 5.75 Å². The van der Waals surface area contributed by atoms with Crippen LogP contribution >= 0.6 is 0 Å². The van der Waals surface area contributed by atoms with E-state index >= 15 is 0 Å². The lowest BCUT2D eigenvalue weighted by Gasteiger charge is -2.20. The Morgan fingerprint density at radius 1 is 1.24 bits per heavy atom. The first-order valence-electron chi connectivity index (χ1n) is 8.27. The fourth-order valence-corrected chi connectivity index (χ4v) is 2.92. The Hall–Kier alpha value is -3.02. The minimum absolute atomic E-state index is 0.0895. The fourth-order valence-electron chi connectivity index (χ4n) is 2.92. The Kier molecular flexibility index (Phi) is 4.88. The van der Waals surface area contributed by atoms with Gasteiger partial charge in [-0.05, 0) is 31.2 Å². The van der Waals surface area contributed by atoms with Crippen molar-refractivity contribution in [2.45, 2.75) is 13.3 Å². The number of ether oxygens (including phenoxy) is 1. The molecule has 2 aromatic rings. The van der Waals surface area contributed by atoms with Crippen molar-refractivity contribution in [1.29, 1.82) is 0 Å². The lowest BCUT2D eigenvalue weighted by atomic mass is 10.1. The van der Waals surface area contributed by atoms with Crippen molar-refractivity contribution in [2.75, 3.05) is 29.1 Å². The third-order valence-electron chi connectivity index (χ3n) is 4.17. The van der Waals surface area contributed by atoms with Crippen LogP contribution in [0.15, 0.2) is 48.5 Å². The second kappa shape index (κ2) is 7.25. The van der Waals surface area contributed by atoms with Gasteiger partial charge in [-0.2, -0.15) is 0 Å². The topological polar surface area (TPSA) is 84.7 Å². The summed E-state index contributed by atoms with van der Waals surface area (Å²) in [6.45, 7) is 2.72. The van der Waals surface area contributed by atoms with Crippen molar-refractivity contribution in [3.63, 3.8) is 0 Å². The summed E-state index contributed by atoms with van der Waals surface area (Å²) < 4.78 is 5.59. The molecule has 0 bridgehead atoms. The molecule has 1 fully saturated rings. The first-order chi connectivity index (χ1) is 12.1. The van der Waals surface area contributed by atoms with Crippen LogP contribution in [0, 0.1) is 5.92 Å². The Bertz CT molecular complexity index is 791. The molecular formula is C19H21N3O3. The number of hydrogen-bond acceptors (Lipinski definition) is 4. The predicted molar refractivity (Wildman–Crippen MR) is 97.6 cm³/mol. The van der Waals surface area contributed by atoms with Gasteiger partial charge in [-0.3, -0.25) is 9.59 Å². The summed E-state index contributed by atoms with van der Waals surface area (Å²) in [6, 6.07) is 14.4. The van der Waals surface area contributed by atoms with Crippen LogP contribution in [0.1, 0.15) is 13.3 Å². The lowest BCUT2D eigenvalue weighted by molar-refractivity contribution is -0.122. The van der Waals surface area contributed by atoms with E-state index in [4.69, 9.17) is 10.5 Å². The molecule has 0 saturated carbocycles. The first kappa shape index (κ1) is 16.8. The smallest absolute Gasteiger partial charge is 0.229 e. The van der Waals surface area contributed by atoms with E-state index in [1.54, 1.807) is 29.2 Å². The van der Waals surface area contributed by atoms with Crippen LogP contribution in [-0.4, -0.2) is 25.0 Å². The number of amides is 2. The largest absolute Gasteiger partial charge is 0.492 e. The molecule has 2 amide bonds. The summed E-state index contributed by atoms with van der Waals surface area (Å²) in [5, 5.41) is 2.81. The van der Waals surface area contributed by atoms with E-state index in [0.29, 0.717) is 36.0 Å². The summed E-state index contributed by atoms with van der Waals surface area (Å²) in [4.78, 5) is 26.6. The second-order valence-corrected chi connectivity index (χ2v) is 5.88. The van der Waals surface area contributed by atoms with Gasteiger partial charge >= 0.3 is 0 Å². The van der Waals surface area contributed by atoms with E-state index in [-0.39, 0.29) is 18.2 Å². The number of anilines is 3. The Balaban J connectivity index is 1.74. The van der Waals surface area contributed by atoms with E-state index in [9.17, 15) is 9.59 Å². The van der Waals surface area contributed by atoms with Crippen LogP contribution in [0.2, 0.25) is 0 Å². The SMILES string of the molecule is CCOc1ccccc1N1CC(C(=O)Nc2ccccc2N)CC1=O. The third kappa shape index (κ3) is 3.57. The number of rotatable bonds is 5. The van der Waals surface area contributed by atoms with Gasteiger partial charge in [0.15, 0.2) is 0 Å². The number of nitrogens with one attached hydrogen (secondary N) is 1. The monoisotopic (exact) mass is 339 g/mol. The summed E-state index contributed by atoms with van der Waals surface area (Å²) in [5.41, 5.74) is 7.62. The maximum absolute atomic E-state index is 12.5. The Morgan fingerprint density at radius 2 is 1.96 bits per heavy atom. The van der Waals surface area contributed by atoms with Crippen molar-refractivity contribution in [1.82, 2.24) is 0 Å². The standard InChI is InChI=1S/C19H21N3O3/c1-2-25-17-10-6-5-9-16(17)22-12-13(11-18(22)23)19(24)21-15-8-4-3-7-14(15)20/h3-10,13H,2,11-12,20H2,1H3,(H,21,24). The summed E-state index contributed by atoms with van der Waals surface area (Å²) >= 11 is 0. The highest BCUT2D eigenvalue weighted by atomic mass is 16.5. The molecule has 0 spiro atoms. The van der Waals surface area contributed by atoms with E-state index in [2.05, 4.69) is 5.32 Å². The minimum Gasteiger partial charge on any atom is -0.492 e. The van der Waals surface area contributed by atoms with Gasteiger partial charge in [-0.25, -0.2) is 0 Å². The molecule has 2 aromatic carbocycles. The van der Waals surface area contributed by atoms with E-state index in [0.717, 1.165) is 0 Å². The fraction of sp³-hybridized carbons (Fsp3) is 0.263. The van der Waals surface area contributed by atoms with Crippen molar-refractivity contribution in [3.05, 3.63) is 48.5 Å². The Morgan fingerprint density at radius 3 is 2.72 bits per heavy atom. The van der Waals surface area contributed by atoms with E-state index < -0.39 is 5.92 Å². The van der Waals surface area contributed by atoms with Crippen LogP contribution in [0.4, 0.5) is 17.1 Å². The van der Waals surface area contributed by atoms with Gasteiger partial charge in [0.2, 0.25) is 11.8 Å². The van der Waals surface area contributed by atoms with Crippen LogP contribution < -0.4 is 20.7 Å². The quantitative estimate of drug-likeness (QED) is 0.820. The van der Waals surface area contributed by atoms with Gasteiger partial charge in [-0.15, -0.1) is 0 Å². The van der Waals surface area contributed by atoms with Crippen molar-refractivity contribution >= 4 is 28.9 Å². The molecule has 0 radical (unpaired) electrons. The zero-order valence-corrected chi connectivity index (χ0v) is 14.1. The molecule has 25 heavy (non-hydrogen) atoms. The molecule has 3 rings (SSSR count). The van der Waals surface area contributed by atoms with Crippen LogP contribution in [0.5, 0.6) is 5.75 Å². The molecule has 6 heteroatoms. The maximum atomic E-state index is 12.5. The van der Waals surface area contributed by atoms with Gasteiger partial charge in [0.25, 0.3) is 0 Å². The number of benzene rings is 2. The maximum Gasteiger partial charge on any atom is 0.229 e. The van der Waals surface area contributed by atoms with Crippen molar-refractivity contribution in [3.8, 4) is 5.75 Å². The number of carbonyl (C=O) groups excluding carboxylic acids is 2. The van der Waals surface area contributed by atoms with Gasteiger partial charge in [0, 0.05) is 13.0 Å². The van der Waals surface area contributed by atoms with Crippen molar-refractivity contribution in [2.24, 2.45) is 5.92 Å². The number of hydrogen-bond donors (Lipinski definition) is 2. The number of nitrogen functional groups attached to an aromatic ring is 1. The molecule has 1 aliphatic heterocycles. The molecule has 130 valence electrons. The number of nitrogens with two attached hydrogens (primary N) is 1. The lowest BCUT2D eigenvalue weighted by Crippen LogP contribution is -2.28. The molecule has 1 heterocycles. The predicted octanol–water partition coefficient (Wildman–Crippen LogP) is 2.66. The van der Waals surface area contributed by atoms with E-state index in [1.165, 1.54) is 0 Å². The highest BCUT2D eigenvalue weighted by Crippen LogP contribution is 2.33. The number of nitrogens with zero attached hydrogens (tertiary/aromatic N) is 1. The average Bonchev–Trinajstić information content (AvgIpc) is 2.99. The molecule has 1 aliphatic rings. The van der Waals surface area contributed by atoms with Crippen molar-refractivity contribution < 1.29 is 14.3 Å². The molecular weight excluding hydrogens is 318 g/mol. The van der Waals surface area contributed by atoms with Crippen LogP contribution in [-0.2, 0) is 9.59 Å². The van der Waals surface area contributed by atoms with Gasteiger partial charge in [-0.1, -0.05) is 24.3 Å². The minimum atomic E-state index is -0.429. The zero-order chi connectivity index (χ0) is 17.8. The average molecular weight is 339 g/mol. The second-order valence-electron chi connectivity index (χ2n) is 5.88. The molecule has 1 atom stereocenters. The molecule has 0 aliphatic carbocycles. The van der Waals surface area contributed by atoms with E-state index in [1.807, 2.05) is 31.2 Å². The number of carbonyl (C=O) groups is 2. The summed E-state index contributed by atoms with van der Waals surface area (Å²) in [6.07, 6.45) is 0.166. The summed E-state index contributed by atoms with van der Waals surface area (Å²) in [7, 11) is 0. The highest BCUT2D eigenvalue weighted by Gasteiger charge is 2.36. The van der Waals surface area contributed by atoms with Gasteiger partial charge < -0.3 is 20.7 Å². The third-order valence-corrected chi connectivity index (χ3v) is 4.17. The van der Waals surface area contributed by atoms with Crippen LogP contribution in [0.3, 0.4) is 0 Å². The van der Waals surface area contributed by atoms with Gasteiger partial charge in [0.05, 0.1) is 29.6 Å². The summed E-state index contributed by atoms with van der Waals surface area (Å²) in [5.74, 6) is -0.0792. The Labute approximate surface area is 146 Å². The molecule has 0 aromatic heterocycles. The highest BCUT2D eigenvalue weighted by molar-refractivity contribution is 6.04. The normalized spacial score (nSPS) is 16.8. The number of para-hydroxylation sites is 4. The zero-order valence-electron chi connectivity index (χ0n) is 14.1. The molecule has 6 nitrogen and oxygen atoms in total. The molecule has 1 unspecified atom stereocenters. The molecule has 3 N–H and O–H groups in total. The molecule has 1 saturated heterocycles. The first-order valence-corrected chi connectivity index (χ1v) is 8.27.